The van der Waals surface area contributed by atoms with Crippen LogP contribution in [0.3, 0.4) is 0 Å². The van der Waals surface area contributed by atoms with Crippen molar-refractivity contribution in [1.29, 1.82) is 0 Å². The minimum atomic E-state index is 0.375. The van der Waals surface area contributed by atoms with Crippen molar-refractivity contribution >= 4 is 6.47 Å². The van der Waals surface area contributed by atoms with Gasteiger partial charge in [-0.05, 0) is 12.5 Å². The molecule has 3 heteroatoms. The molecule has 1 aromatic carbocycles. The van der Waals surface area contributed by atoms with Crippen LogP contribution in [0.1, 0.15) is 17.0 Å². The van der Waals surface area contributed by atoms with Crippen LogP contribution in [-0.2, 0) is 9.53 Å². The van der Waals surface area contributed by atoms with Gasteiger partial charge in [0, 0.05) is 19.0 Å². The van der Waals surface area contributed by atoms with Crippen LogP contribution in [-0.4, -0.2) is 26.7 Å². The van der Waals surface area contributed by atoms with Crippen molar-refractivity contribution < 1.29 is 9.53 Å². The SMILES string of the molecule is COC=O.Cc1cccc(C2CNC2)c1. The fourth-order valence-corrected chi connectivity index (χ4v) is 1.45. The number of benzene rings is 1. The summed E-state index contributed by atoms with van der Waals surface area (Å²) in [6.07, 6.45) is 0. The Hall–Kier alpha value is -1.35. The molecule has 0 aliphatic carbocycles. The minimum absolute atomic E-state index is 0.375. The summed E-state index contributed by atoms with van der Waals surface area (Å²) in [5.74, 6) is 0.773. The summed E-state index contributed by atoms with van der Waals surface area (Å²) in [6.45, 7) is 4.84. The van der Waals surface area contributed by atoms with E-state index in [0.717, 1.165) is 19.0 Å². The molecule has 2 rings (SSSR count). The Morgan fingerprint density at radius 2 is 2.13 bits per heavy atom. The number of nitrogens with one attached hydrogen (secondary N) is 1. The summed E-state index contributed by atoms with van der Waals surface area (Å²) in [5, 5.41) is 3.28. The van der Waals surface area contributed by atoms with Gasteiger partial charge in [-0.2, -0.15) is 0 Å². The predicted octanol–water partition coefficient (Wildman–Crippen LogP) is 1.47. The number of ether oxygens (including phenoxy) is 1. The number of hydrogen-bond acceptors (Lipinski definition) is 3. The summed E-state index contributed by atoms with van der Waals surface area (Å²) < 4.78 is 3.86. The summed E-state index contributed by atoms with van der Waals surface area (Å²) >= 11 is 0. The second kappa shape index (κ2) is 6.19. The number of rotatable bonds is 2. The molecular weight excluding hydrogens is 190 g/mol. The summed E-state index contributed by atoms with van der Waals surface area (Å²) in [6, 6.07) is 8.79. The molecule has 1 N–H and O–H groups in total. The highest BCUT2D eigenvalue weighted by Crippen LogP contribution is 2.19. The van der Waals surface area contributed by atoms with Crippen molar-refractivity contribution in [3.63, 3.8) is 0 Å². The van der Waals surface area contributed by atoms with Crippen LogP contribution in [0, 0.1) is 6.92 Å². The molecule has 0 aromatic heterocycles. The van der Waals surface area contributed by atoms with E-state index in [0.29, 0.717) is 6.47 Å². The number of methoxy groups -OCH3 is 1. The highest BCUT2D eigenvalue weighted by molar-refractivity contribution is 5.36. The summed E-state index contributed by atoms with van der Waals surface area (Å²) in [4.78, 5) is 8.95. The molecule has 3 nitrogen and oxygen atoms in total. The van der Waals surface area contributed by atoms with Crippen LogP contribution < -0.4 is 5.32 Å². The van der Waals surface area contributed by atoms with Crippen LogP contribution in [0.5, 0.6) is 0 Å². The van der Waals surface area contributed by atoms with Gasteiger partial charge in [-0.1, -0.05) is 29.8 Å². The highest BCUT2D eigenvalue weighted by Gasteiger charge is 2.17. The lowest BCUT2D eigenvalue weighted by molar-refractivity contribution is -0.126. The van der Waals surface area contributed by atoms with E-state index in [4.69, 9.17) is 4.79 Å². The van der Waals surface area contributed by atoms with E-state index in [-0.39, 0.29) is 0 Å². The van der Waals surface area contributed by atoms with Crippen LogP contribution in [0.4, 0.5) is 0 Å². The molecule has 0 spiro atoms. The van der Waals surface area contributed by atoms with E-state index in [2.05, 4.69) is 41.2 Å². The molecule has 0 atom stereocenters. The molecule has 0 radical (unpaired) electrons. The molecule has 1 aliphatic rings. The van der Waals surface area contributed by atoms with Crippen LogP contribution in [0.25, 0.3) is 0 Å². The molecule has 82 valence electrons. The van der Waals surface area contributed by atoms with Crippen molar-refractivity contribution in [2.75, 3.05) is 20.2 Å². The second-order valence-corrected chi connectivity index (χ2v) is 3.60. The quantitative estimate of drug-likeness (QED) is 0.746. The number of carbonyl (C=O) groups is 1. The third-order valence-corrected chi connectivity index (χ3v) is 2.39. The number of aryl methyl sites for hydroxylation is 1. The van der Waals surface area contributed by atoms with Gasteiger partial charge in [-0.3, -0.25) is 4.79 Å². The molecule has 0 bridgehead atoms. The van der Waals surface area contributed by atoms with Gasteiger partial charge >= 0.3 is 0 Å². The molecule has 1 heterocycles. The summed E-state index contributed by atoms with van der Waals surface area (Å²) in [7, 11) is 1.31. The lowest BCUT2D eigenvalue weighted by Crippen LogP contribution is -2.39. The predicted molar refractivity (Wildman–Crippen MR) is 59.9 cm³/mol. The van der Waals surface area contributed by atoms with E-state index in [9.17, 15) is 0 Å². The number of carbonyl (C=O) groups excluding carboxylic acids is 1. The Balaban J connectivity index is 0.000000245. The first-order valence-electron chi connectivity index (χ1n) is 5.01. The maximum Gasteiger partial charge on any atom is 0.292 e. The van der Waals surface area contributed by atoms with E-state index >= 15 is 0 Å². The minimum Gasteiger partial charge on any atom is -0.471 e. The average Bonchev–Trinajstić information content (AvgIpc) is 2.16. The Bertz CT molecular complexity index is 308. The smallest absolute Gasteiger partial charge is 0.292 e. The van der Waals surface area contributed by atoms with Crippen molar-refractivity contribution in [2.24, 2.45) is 0 Å². The molecule has 1 fully saturated rings. The fraction of sp³-hybridized carbons (Fsp3) is 0.417. The molecule has 0 saturated carbocycles. The van der Waals surface area contributed by atoms with Gasteiger partial charge in [0.05, 0.1) is 7.11 Å². The zero-order chi connectivity index (χ0) is 11.1. The third kappa shape index (κ3) is 3.72. The first-order valence-corrected chi connectivity index (χ1v) is 5.01. The molecule has 1 saturated heterocycles. The molecule has 1 aliphatic heterocycles. The Labute approximate surface area is 90.4 Å². The van der Waals surface area contributed by atoms with E-state index in [1.165, 1.54) is 18.2 Å². The van der Waals surface area contributed by atoms with Gasteiger partial charge < -0.3 is 10.1 Å². The van der Waals surface area contributed by atoms with Crippen LogP contribution in [0.2, 0.25) is 0 Å². The first kappa shape index (κ1) is 11.7. The highest BCUT2D eigenvalue weighted by atomic mass is 16.5. The van der Waals surface area contributed by atoms with E-state index in [1.807, 2.05) is 0 Å². The van der Waals surface area contributed by atoms with E-state index < -0.39 is 0 Å². The monoisotopic (exact) mass is 207 g/mol. The van der Waals surface area contributed by atoms with Gasteiger partial charge in [0.25, 0.3) is 6.47 Å². The average molecular weight is 207 g/mol. The maximum atomic E-state index is 8.95. The largest absolute Gasteiger partial charge is 0.471 e. The fourth-order valence-electron chi connectivity index (χ4n) is 1.45. The standard InChI is InChI=1S/C10H13N.C2H4O2/c1-8-3-2-4-9(5-8)10-6-11-7-10;1-4-2-3/h2-5,10-11H,6-7H2,1H3;2H,1H3. The van der Waals surface area contributed by atoms with Crippen LogP contribution >= 0.6 is 0 Å². The molecule has 1 aromatic rings. The maximum absolute atomic E-state index is 8.95. The lowest BCUT2D eigenvalue weighted by atomic mass is 9.93. The molecule has 15 heavy (non-hydrogen) atoms. The second-order valence-electron chi connectivity index (χ2n) is 3.60. The lowest BCUT2D eigenvalue weighted by Gasteiger charge is -2.27. The molecule has 0 amide bonds. The normalized spacial score (nSPS) is 14.5. The van der Waals surface area contributed by atoms with Gasteiger partial charge in [0.15, 0.2) is 0 Å². The number of hydrogen-bond donors (Lipinski definition) is 1. The van der Waals surface area contributed by atoms with Crippen molar-refractivity contribution in [1.82, 2.24) is 5.32 Å². The Morgan fingerprint density at radius 3 is 2.53 bits per heavy atom. The third-order valence-electron chi connectivity index (χ3n) is 2.39. The molecular formula is C12H17NO2. The first-order chi connectivity index (χ1) is 7.27. The topological polar surface area (TPSA) is 38.3 Å². The van der Waals surface area contributed by atoms with Crippen molar-refractivity contribution in [2.45, 2.75) is 12.8 Å². The van der Waals surface area contributed by atoms with Gasteiger partial charge in [0.2, 0.25) is 0 Å². The zero-order valence-corrected chi connectivity index (χ0v) is 9.19. The summed E-state index contributed by atoms with van der Waals surface area (Å²) in [5.41, 5.74) is 2.86. The zero-order valence-electron chi connectivity index (χ0n) is 9.19. The van der Waals surface area contributed by atoms with Gasteiger partial charge in [-0.25, -0.2) is 0 Å². The van der Waals surface area contributed by atoms with Crippen molar-refractivity contribution in [3.8, 4) is 0 Å². The molecule has 0 unspecified atom stereocenters. The Kier molecular flexibility index (Phi) is 4.84. The van der Waals surface area contributed by atoms with Crippen molar-refractivity contribution in [3.05, 3.63) is 35.4 Å². The Morgan fingerprint density at radius 1 is 1.47 bits per heavy atom. The van der Waals surface area contributed by atoms with Crippen LogP contribution in [0.15, 0.2) is 24.3 Å². The van der Waals surface area contributed by atoms with E-state index in [1.54, 1.807) is 0 Å². The van der Waals surface area contributed by atoms with Gasteiger partial charge in [0.1, 0.15) is 0 Å². The van der Waals surface area contributed by atoms with Gasteiger partial charge in [-0.15, -0.1) is 0 Å².